The Hall–Kier alpha value is -2.83. The van der Waals surface area contributed by atoms with Crippen LogP contribution in [0.2, 0.25) is 0 Å². The number of hydrogen-bond donors (Lipinski definition) is 3. The second-order valence-electron chi connectivity index (χ2n) is 3.78. The number of nitrogens with two attached hydrogens (primary N) is 1. The fourth-order valence-electron chi connectivity index (χ4n) is 1.65. The third-order valence-corrected chi connectivity index (χ3v) is 2.48. The second kappa shape index (κ2) is 4.81. The van der Waals surface area contributed by atoms with Gasteiger partial charge in [0.25, 0.3) is 0 Å². The number of benzene rings is 1. The molecule has 0 saturated carbocycles. The lowest BCUT2D eigenvalue weighted by Crippen LogP contribution is -2.26. The Labute approximate surface area is 107 Å². The van der Waals surface area contributed by atoms with E-state index in [4.69, 9.17) is 10.2 Å². The number of nitrogens with one attached hydrogen (secondary N) is 1. The number of primary amides is 1. The summed E-state index contributed by atoms with van der Waals surface area (Å²) >= 11 is 0. The number of aromatic hydroxyl groups is 1. The maximum absolute atomic E-state index is 11.8. The quantitative estimate of drug-likeness (QED) is 0.422. The summed E-state index contributed by atoms with van der Waals surface area (Å²) in [6, 6.07) is 5.67. The summed E-state index contributed by atoms with van der Waals surface area (Å²) in [6.07, 6.45) is 0. The van der Waals surface area contributed by atoms with Crippen LogP contribution in [0, 0.1) is 0 Å². The molecule has 0 radical (unpaired) electrons. The van der Waals surface area contributed by atoms with Gasteiger partial charge in [-0.3, -0.25) is 0 Å². The van der Waals surface area contributed by atoms with E-state index in [9.17, 15) is 14.7 Å². The number of hydrogen-bond acceptors (Lipinski definition) is 5. The van der Waals surface area contributed by atoms with Gasteiger partial charge in [0, 0.05) is 0 Å². The Morgan fingerprint density at radius 1 is 1.42 bits per heavy atom. The van der Waals surface area contributed by atoms with Crippen LogP contribution >= 0.6 is 0 Å². The van der Waals surface area contributed by atoms with Crippen molar-refractivity contribution in [2.75, 3.05) is 0 Å². The summed E-state index contributed by atoms with van der Waals surface area (Å²) in [5, 5.41) is 14.1. The summed E-state index contributed by atoms with van der Waals surface area (Å²) in [5.41, 5.74) is 6.34. The summed E-state index contributed by atoms with van der Waals surface area (Å²) in [7, 11) is 0. The highest BCUT2D eigenvalue weighted by Crippen LogP contribution is 2.26. The predicted molar refractivity (Wildman–Crippen MR) is 69.1 cm³/mol. The number of carbonyl (C=O) groups excluding carboxylic acids is 1. The first-order valence-corrected chi connectivity index (χ1v) is 5.35. The molecule has 2 aromatic rings. The summed E-state index contributed by atoms with van der Waals surface area (Å²) in [6.45, 7) is 1.44. The zero-order valence-corrected chi connectivity index (χ0v) is 10.0. The van der Waals surface area contributed by atoms with E-state index in [2.05, 4.69) is 5.10 Å². The van der Waals surface area contributed by atoms with Gasteiger partial charge in [-0.05, 0) is 19.1 Å². The van der Waals surface area contributed by atoms with Gasteiger partial charge in [0.05, 0.1) is 11.1 Å². The maximum atomic E-state index is 11.8. The van der Waals surface area contributed by atoms with Crippen LogP contribution in [0.4, 0.5) is 4.79 Å². The zero-order chi connectivity index (χ0) is 14.0. The van der Waals surface area contributed by atoms with Crippen molar-refractivity contribution >= 4 is 22.7 Å². The molecule has 2 rings (SSSR count). The molecule has 0 aliphatic rings. The van der Waals surface area contributed by atoms with Crippen molar-refractivity contribution in [2.45, 2.75) is 6.92 Å². The van der Waals surface area contributed by atoms with Gasteiger partial charge < -0.3 is 15.3 Å². The number of para-hydroxylation sites is 1. The molecule has 4 N–H and O–H groups in total. The molecule has 0 saturated heterocycles. The Morgan fingerprint density at radius 2 is 2.11 bits per heavy atom. The molecule has 0 atom stereocenters. The van der Waals surface area contributed by atoms with Crippen LogP contribution < -0.4 is 16.8 Å². The minimum Gasteiger partial charge on any atom is -0.506 e. The molecule has 7 nitrogen and oxygen atoms in total. The SMILES string of the molecule is C/C(=N/NC(N)=O)c1c(O)c2ccccc2oc1=O. The van der Waals surface area contributed by atoms with Gasteiger partial charge in [0.2, 0.25) is 0 Å². The number of rotatable bonds is 2. The molecular formula is C12H11N3O4. The topological polar surface area (TPSA) is 118 Å². The molecule has 19 heavy (non-hydrogen) atoms. The van der Waals surface area contributed by atoms with E-state index in [0.717, 1.165) is 0 Å². The third-order valence-electron chi connectivity index (χ3n) is 2.48. The highest BCUT2D eigenvalue weighted by molar-refractivity contribution is 6.04. The van der Waals surface area contributed by atoms with Gasteiger partial charge in [-0.25, -0.2) is 15.0 Å². The number of fused-ring (bicyclic) bond motifs is 1. The molecule has 1 heterocycles. The molecule has 2 amide bonds. The van der Waals surface area contributed by atoms with Gasteiger partial charge in [0.15, 0.2) is 0 Å². The average molecular weight is 261 g/mol. The lowest BCUT2D eigenvalue weighted by Gasteiger charge is -2.05. The van der Waals surface area contributed by atoms with E-state index in [1.165, 1.54) is 6.92 Å². The molecular weight excluding hydrogens is 250 g/mol. The molecule has 0 unspecified atom stereocenters. The number of carbonyl (C=O) groups is 1. The van der Waals surface area contributed by atoms with Gasteiger partial charge in [-0.15, -0.1) is 0 Å². The van der Waals surface area contributed by atoms with Crippen molar-refractivity contribution in [1.29, 1.82) is 0 Å². The lowest BCUT2D eigenvalue weighted by molar-refractivity contribution is 0.249. The standard InChI is InChI=1S/C12H11N3O4/c1-6(14-15-12(13)18)9-10(16)7-4-2-3-5-8(7)19-11(9)17/h2-5,16H,1H3,(H3,13,15,18)/b14-6-. The van der Waals surface area contributed by atoms with E-state index in [1.54, 1.807) is 24.3 Å². The highest BCUT2D eigenvalue weighted by Gasteiger charge is 2.16. The van der Waals surface area contributed by atoms with Crippen LogP contribution in [0.3, 0.4) is 0 Å². The predicted octanol–water partition coefficient (Wildman–Crippen LogP) is 0.891. The number of amides is 2. The van der Waals surface area contributed by atoms with Crippen molar-refractivity contribution < 1.29 is 14.3 Å². The summed E-state index contributed by atoms with van der Waals surface area (Å²) in [4.78, 5) is 22.3. The number of nitrogens with zero attached hydrogens (tertiary/aromatic N) is 1. The summed E-state index contributed by atoms with van der Waals surface area (Å²) in [5.74, 6) is -0.251. The fourth-order valence-corrected chi connectivity index (χ4v) is 1.65. The molecule has 0 bridgehead atoms. The van der Waals surface area contributed by atoms with Crippen LogP contribution in [0.5, 0.6) is 5.75 Å². The maximum Gasteiger partial charge on any atom is 0.349 e. The minimum atomic E-state index is -0.871. The van der Waals surface area contributed by atoms with Gasteiger partial charge in [-0.2, -0.15) is 5.10 Å². The number of hydrazone groups is 1. The van der Waals surface area contributed by atoms with Crippen LogP contribution in [-0.4, -0.2) is 16.8 Å². The van der Waals surface area contributed by atoms with E-state index >= 15 is 0 Å². The average Bonchev–Trinajstić information content (AvgIpc) is 2.36. The molecule has 0 spiro atoms. The lowest BCUT2D eigenvalue weighted by atomic mass is 10.1. The first-order chi connectivity index (χ1) is 9.00. The van der Waals surface area contributed by atoms with Crippen molar-refractivity contribution in [3.63, 3.8) is 0 Å². The Bertz CT molecular complexity index is 733. The molecule has 7 heteroatoms. The minimum absolute atomic E-state index is 0.0933. The molecule has 0 aliphatic heterocycles. The van der Waals surface area contributed by atoms with Gasteiger partial charge in [-0.1, -0.05) is 12.1 Å². The Kier molecular flexibility index (Phi) is 3.19. The van der Waals surface area contributed by atoms with Crippen molar-refractivity contribution in [1.82, 2.24) is 5.43 Å². The Balaban J connectivity index is 2.64. The van der Waals surface area contributed by atoms with Crippen LogP contribution in [0.25, 0.3) is 11.0 Å². The van der Waals surface area contributed by atoms with Gasteiger partial charge in [0.1, 0.15) is 16.9 Å². The molecule has 1 aromatic carbocycles. The second-order valence-corrected chi connectivity index (χ2v) is 3.78. The van der Waals surface area contributed by atoms with Crippen molar-refractivity contribution in [3.05, 3.63) is 40.2 Å². The summed E-state index contributed by atoms with van der Waals surface area (Å²) < 4.78 is 5.06. The largest absolute Gasteiger partial charge is 0.506 e. The molecule has 0 fully saturated rings. The van der Waals surface area contributed by atoms with Crippen molar-refractivity contribution in [3.8, 4) is 5.75 Å². The smallest absolute Gasteiger partial charge is 0.349 e. The van der Waals surface area contributed by atoms with E-state index in [-0.39, 0.29) is 22.6 Å². The normalized spacial score (nSPS) is 11.5. The molecule has 98 valence electrons. The zero-order valence-electron chi connectivity index (χ0n) is 10.0. The molecule has 0 aliphatic carbocycles. The third kappa shape index (κ3) is 2.39. The van der Waals surface area contributed by atoms with E-state index in [1.807, 2.05) is 5.43 Å². The number of urea groups is 1. The monoisotopic (exact) mass is 261 g/mol. The van der Waals surface area contributed by atoms with E-state index in [0.29, 0.717) is 5.39 Å². The van der Waals surface area contributed by atoms with Gasteiger partial charge >= 0.3 is 11.7 Å². The molecule has 1 aromatic heterocycles. The highest BCUT2D eigenvalue weighted by atomic mass is 16.4. The van der Waals surface area contributed by atoms with Crippen LogP contribution in [0.1, 0.15) is 12.5 Å². The fraction of sp³-hybridized carbons (Fsp3) is 0.0833. The first-order valence-electron chi connectivity index (χ1n) is 5.35. The van der Waals surface area contributed by atoms with Crippen molar-refractivity contribution in [2.24, 2.45) is 10.8 Å². The van der Waals surface area contributed by atoms with Crippen LogP contribution in [0.15, 0.2) is 38.6 Å². The first kappa shape index (κ1) is 12.6. The van der Waals surface area contributed by atoms with Crippen LogP contribution in [-0.2, 0) is 0 Å². The van der Waals surface area contributed by atoms with E-state index < -0.39 is 11.7 Å². The Morgan fingerprint density at radius 3 is 2.79 bits per heavy atom.